The quantitative estimate of drug-likeness (QED) is 0.315. The minimum absolute atomic E-state index is 0. The molecule has 0 amide bonds. The van der Waals surface area contributed by atoms with Crippen LogP contribution >= 0.6 is 24.0 Å². The Hall–Kier alpha value is -2.36. The van der Waals surface area contributed by atoms with Crippen LogP contribution in [-0.2, 0) is 6.54 Å². The zero-order valence-corrected chi connectivity index (χ0v) is 18.2. The molecule has 8 heteroatoms. The highest BCUT2D eigenvalue weighted by Crippen LogP contribution is 2.30. The molecule has 0 aliphatic rings. The second kappa shape index (κ2) is 11.4. The molecule has 0 aliphatic carbocycles. The van der Waals surface area contributed by atoms with E-state index in [1.807, 2.05) is 25.1 Å². The van der Waals surface area contributed by atoms with Crippen molar-refractivity contribution in [1.29, 1.82) is 0 Å². The maximum absolute atomic E-state index is 9.97. The van der Waals surface area contributed by atoms with Gasteiger partial charge in [-0.05, 0) is 37.3 Å². The zero-order chi connectivity index (χ0) is 18.9. The Bertz CT molecular complexity index is 769. The molecule has 0 heterocycles. The number of phenolic OH excluding ortho intramolecular Hbond substituents is 1. The second-order valence-electron chi connectivity index (χ2n) is 5.34. The topological polar surface area (TPSA) is 84.3 Å². The zero-order valence-electron chi connectivity index (χ0n) is 15.9. The van der Waals surface area contributed by atoms with Crippen molar-refractivity contribution in [3.63, 3.8) is 0 Å². The van der Waals surface area contributed by atoms with Crippen LogP contribution in [0.2, 0.25) is 0 Å². The fraction of sp³-hybridized carbons (Fsp3) is 0.316. The number of anilines is 1. The highest BCUT2D eigenvalue weighted by molar-refractivity contribution is 14.0. The summed E-state index contributed by atoms with van der Waals surface area (Å²) in [6.07, 6.45) is 0. The van der Waals surface area contributed by atoms with Gasteiger partial charge in [-0.25, -0.2) is 0 Å². The summed E-state index contributed by atoms with van der Waals surface area (Å²) in [5, 5.41) is 16.3. The summed E-state index contributed by atoms with van der Waals surface area (Å²) in [6, 6.07) is 10.6. The highest BCUT2D eigenvalue weighted by Gasteiger charge is 2.08. The predicted octanol–water partition coefficient (Wildman–Crippen LogP) is 3.61. The lowest BCUT2D eigenvalue weighted by Gasteiger charge is -2.15. The number of guanidine groups is 1. The number of aliphatic imine (C=N–C) groups is 1. The van der Waals surface area contributed by atoms with E-state index < -0.39 is 0 Å². The Morgan fingerprint density at radius 3 is 2.48 bits per heavy atom. The van der Waals surface area contributed by atoms with Gasteiger partial charge in [0.15, 0.2) is 17.5 Å². The lowest BCUT2D eigenvalue weighted by Crippen LogP contribution is -2.30. The van der Waals surface area contributed by atoms with Crippen LogP contribution < -0.4 is 24.8 Å². The van der Waals surface area contributed by atoms with E-state index in [-0.39, 0.29) is 29.7 Å². The first-order chi connectivity index (χ1) is 12.6. The molecule has 27 heavy (non-hydrogen) atoms. The van der Waals surface area contributed by atoms with Crippen LogP contribution in [0.5, 0.6) is 23.0 Å². The van der Waals surface area contributed by atoms with Crippen molar-refractivity contribution >= 4 is 35.6 Å². The molecule has 0 radical (unpaired) electrons. The summed E-state index contributed by atoms with van der Waals surface area (Å²) < 4.78 is 16.1. The third kappa shape index (κ3) is 6.38. The average molecular weight is 487 g/mol. The fourth-order valence-corrected chi connectivity index (χ4v) is 2.35. The first-order valence-electron chi connectivity index (χ1n) is 8.25. The van der Waals surface area contributed by atoms with Gasteiger partial charge in [0.2, 0.25) is 0 Å². The number of nitrogens with zero attached hydrogens (tertiary/aromatic N) is 1. The molecule has 2 aromatic carbocycles. The van der Waals surface area contributed by atoms with Crippen molar-refractivity contribution in [3.8, 4) is 23.0 Å². The molecule has 0 atom stereocenters. The van der Waals surface area contributed by atoms with Gasteiger partial charge in [0, 0.05) is 30.9 Å². The molecule has 0 bridgehead atoms. The first-order valence-corrected chi connectivity index (χ1v) is 8.25. The maximum atomic E-state index is 9.97. The van der Waals surface area contributed by atoms with Gasteiger partial charge in [-0.15, -0.1) is 24.0 Å². The summed E-state index contributed by atoms with van der Waals surface area (Å²) in [4.78, 5) is 4.19. The third-order valence-corrected chi connectivity index (χ3v) is 3.68. The first kappa shape index (κ1) is 22.7. The summed E-state index contributed by atoms with van der Waals surface area (Å²) in [6.45, 7) is 2.87. The van der Waals surface area contributed by atoms with Gasteiger partial charge in [-0.1, -0.05) is 0 Å². The van der Waals surface area contributed by atoms with Crippen LogP contribution in [0.3, 0.4) is 0 Å². The lowest BCUT2D eigenvalue weighted by molar-refractivity contribution is 0.311. The van der Waals surface area contributed by atoms with E-state index in [4.69, 9.17) is 14.2 Å². The molecule has 0 aliphatic heterocycles. The molecule has 2 rings (SSSR count). The normalized spacial score (nSPS) is 10.6. The molecule has 0 saturated carbocycles. The van der Waals surface area contributed by atoms with Crippen molar-refractivity contribution in [2.75, 3.05) is 33.2 Å². The standard InChI is InChI=1S/C19H25N3O4.HI/c1-5-26-17-9-6-14(11-18(17)25-4)22-19(20-2)21-12-13-10-15(24-3)7-8-16(13)23;/h6-11,23H,5,12H2,1-4H3,(H2,20,21,22);1H. The van der Waals surface area contributed by atoms with E-state index in [0.29, 0.717) is 41.9 Å². The van der Waals surface area contributed by atoms with Gasteiger partial charge in [-0.3, -0.25) is 4.99 Å². The van der Waals surface area contributed by atoms with Gasteiger partial charge in [0.1, 0.15) is 11.5 Å². The highest BCUT2D eigenvalue weighted by atomic mass is 127. The van der Waals surface area contributed by atoms with Crippen LogP contribution in [0, 0.1) is 0 Å². The number of rotatable bonds is 7. The molecule has 0 fully saturated rings. The average Bonchev–Trinajstić information content (AvgIpc) is 2.67. The minimum Gasteiger partial charge on any atom is -0.508 e. The van der Waals surface area contributed by atoms with E-state index in [0.717, 1.165) is 5.69 Å². The van der Waals surface area contributed by atoms with Gasteiger partial charge in [0.25, 0.3) is 0 Å². The van der Waals surface area contributed by atoms with Crippen molar-refractivity contribution < 1.29 is 19.3 Å². The number of nitrogens with one attached hydrogen (secondary N) is 2. The molecule has 7 nitrogen and oxygen atoms in total. The Kier molecular flexibility index (Phi) is 9.55. The van der Waals surface area contributed by atoms with Crippen molar-refractivity contribution in [2.24, 2.45) is 4.99 Å². The van der Waals surface area contributed by atoms with Gasteiger partial charge in [0.05, 0.1) is 20.8 Å². The van der Waals surface area contributed by atoms with E-state index in [1.54, 1.807) is 39.5 Å². The van der Waals surface area contributed by atoms with Crippen LogP contribution in [0.25, 0.3) is 0 Å². The Labute approximate surface area is 176 Å². The minimum atomic E-state index is 0. The summed E-state index contributed by atoms with van der Waals surface area (Å²) in [5.41, 5.74) is 1.50. The van der Waals surface area contributed by atoms with Crippen LogP contribution in [0.1, 0.15) is 12.5 Å². The molecule has 0 aromatic heterocycles. The SMILES string of the molecule is CCOc1ccc(NC(=NC)NCc2cc(OC)ccc2O)cc1OC.I. The molecule has 0 saturated heterocycles. The smallest absolute Gasteiger partial charge is 0.195 e. The van der Waals surface area contributed by atoms with Crippen molar-refractivity contribution in [3.05, 3.63) is 42.0 Å². The largest absolute Gasteiger partial charge is 0.508 e. The third-order valence-electron chi connectivity index (χ3n) is 3.68. The molecular weight excluding hydrogens is 461 g/mol. The van der Waals surface area contributed by atoms with E-state index in [2.05, 4.69) is 15.6 Å². The van der Waals surface area contributed by atoms with Crippen LogP contribution in [0.15, 0.2) is 41.4 Å². The van der Waals surface area contributed by atoms with Crippen molar-refractivity contribution in [2.45, 2.75) is 13.5 Å². The number of methoxy groups -OCH3 is 2. The van der Waals surface area contributed by atoms with Gasteiger partial charge in [-0.2, -0.15) is 0 Å². The fourth-order valence-electron chi connectivity index (χ4n) is 2.35. The Balaban J connectivity index is 0.00000364. The molecule has 0 unspecified atom stereocenters. The number of aromatic hydroxyl groups is 1. The molecule has 3 N–H and O–H groups in total. The monoisotopic (exact) mass is 487 g/mol. The lowest BCUT2D eigenvalue weighted by atomic mass is 10.2. The summed E-state index contributed by atoms with van der Waals surface area (Å²) >= 11 is 0. The van der Waals surface area contributed by atoms with E-state index >= 15 is 0 Å². The van der Waals surface area contributed by atoms with Crippen LogP contribution in [-0.4, -0.2) is 38.9 Å². The predicted molar refractivity (Wildman–Crippen MR) is 118 cm³/mol. The van der Waals surface area contributed by atoms with E-state index in [1.165, 1.54) is 0 Å². The number of halogens is 1. The van der Waals surface area contributed by atoms with E-state index in [9.17, 15) is 5.11 Å². The molecular formula is C19H26IN3O4. The maximum Gasteiger partial charge on any atom is 0.195 e. The summed E-state index contributed by atoms with van der Waals surface area (Å²) in [7, 11) is 4.86. The van der Waals surface area contributed by atoms with Gasteiger partial charge >= 0.3 is 0 Å². The molecule has 2 aromatic rings. The summed E-state index contributed by atoms with van der Waals surface area (Å²) in [5.74, 6) is 2.75. The Morgan fingerprint density at radius 2 is 1.85 bits per heavy atom. The number of hydrogen-bond acceptors (Lipinski definition) is 5. The number of hydrogen-bond donors (Lipinski definition) is 3. The number of ether oxygens (including phenoxy) is 3. The number of benzene rings is 2. The molecule has 148 valence electrons. The molecule has 0 spiro atoms. The van der Waals surface area contributed by atoms with Gasteiger partial charge < -0.3 is 30.0 Å². The Morgan fingerprint density at radius 1 is 1.07 bits per heavy atom. The number of phenols is 1. The van der Waals surface area contributed by atoms with Crippen LogP contribution in [0.4, 0.5) is 5.69 Å². The van der Waals surface area contributed by atoms with Crippen molar-refractivity contribution in [1.82, 2.24) is 5.32 Å². The second-order valence-corrected chi connectivity index (χ2v) is 5.34.